The number of hydrogen-bond donors (Lipinski definition) is 0. The van der Waals surface area contributed by atoms with Gasteiger partial charge in [-0.2, -0.15) is 4.98 Å². The molecule has 1 saturated heterocycles. The molecule has 1 fully saturated rings. The van der Waals surface area contributed by atoms with Gasteiger partial charge in [-0.3, -0.25) is 9.69 Å². The zero-order valence-corrected chi connectivity index (χ0v) is 20.0. The highest BCUT2D eigenvalue weighted by atomic mass is 32.2. The van der Waals surface area contributed by atoms with Gasteiger partial charge in [-0.15, -0.1) is 0 Å². The number of aryl methyl sites for hydroxylation is 2. The summed E-state index contributed by atoms with van der Waals surface area (Å²) in [5, 5.41) is 5.02. The minimum Gasteiger partial charge on any atom is -0.455 e. The van der Waals surface area contributed by atoms with Gasteiger partial charge in [0.25, 0.3) is 5.91 Å². The molecule has 1 aliphatic heterocycles. The first kappa shape index (κ1) is 22.4. The Labute approximate surface area is 201 Å². The van der Waals surface area contributed by atoms with E-state index in [4.69, 9.17) is 8.94 Å². The van der Waals surface area contributed by atoms with Crippen LogP contribution in [-0.2, 0) is 19.3 Å². The summed E-state index contributed by atoms with van der Waals surface area (Å²) in [6.07, 6.45) is 3.67. The first-order valence-corrected chi connectivity index (χ1v) is 12.1. The van der Waals surface area contributed by atoms with Crippen molar-refractivity contribution in [2.24, 2.45) is 7.05 Å². The summed E-state index contributed by atoms with van der Waals surface area (Å²) >= 11 is 1.58. The van der Waals surface area contributed by atoms with E-state index in [2.05, 4.69) is 20.0 Å². The Balaban J connectivity index is 1.11. The van der Waals surface area contributed by atoms with E-state index in [-0.39, 0.29) is 5.91 Å². The normalized spacial score (nSPS) is 14.6. The molecule has 0 atom stereocenters. The fourth-order valence-corrected chi connectivity index (χ4v) is 4.62. The molecule has 0 aliphatic carbocycles. The summed E-state index contributed by atoms with van der Waals surface area (Å²) in [5.74, 6) is 2.86. The van der Waals surface area contributed by atoms with E-state index in [1.807, 2.05) is 60.0 Å². The zero-order chi connectivity index (χ0) is 23.5. The van der Waals surface area contributed by atoms with Crippen LogP contribution in [0.2, 0.25) is 0 Å². The Morgan fingerprint density at radius 3 is 2.62 bits per heavy atom. The number of benzene rings is 1. The molecular formula is C24H26N6O3S. The third kappa shape index (κ3) is 5.07. The molecule has 0 bridgehead atoms. The average Bonchev–Trinajstić information content (AvgIpc) is 3.60. The standard InChI is InChI=1S/C24H26N6O3S/c1-17-3-5-18(6-4-17)22-26-21(33-27-22)15-29-11-13-30(14-12-29)23(31)20-8-7-19(32-20)16-34-24-25-9-10-28(24)2/h3-10H,11-16H2,1-2H3. The molecule has 5 rings (SSSR count). The highest BCUT2D eigenvalue weighted by molar-refractivity contribution is 7.98. The number of nitrogens with zero attached hydrogens (tertiary/aromatic N) is 6. The summed E-state index contributed by atoms with van der Waals surface area (Å²) in [5.41, 5.74) is 2.13. The van der Waals surface area contributed by atoms with Crippen LogP contribution in [0.15, 0.2) is 62.9 Å². The maximum atomic E-state index is 12.9. The number of carbonyl (C=O) groups is 1. The molecule has 176 valence electrons. The second kappa shape index (κ2) is 9.86. The second-order valence-electron chi connectivity index (χ2n) is 8.32. The lowest BCUT2D eigenvalue weighted by atomic mass is 10.1. The van der Waals surface area contributed by atoms with Gasteiger partial charge >= 0.3 is 0 Å². The Hall–Kier alpha value is -3.37. The van der Waals surface area contributed by atoms with E-state index < -0.39 is 0 Å². The van der Waals surface area contributed by atoms with E-state index >= 15 is 0 Å². The van der Waals surface area contributed by atoms with E-state index in [0.29, 0.717) is 42.9 Å². The number of thioether (sulfide) groups is 1. The summed E-state index contributed by atoms with van der Waals surface area (Å²) in [4.78, 5) is 25.8. The molecule has 1 aliphatic rings. The number of rotatable bonds is 7. The lowest BCUT2D eigenvalue weighted by molar-refractivity contribution is 0.0583. The number of hydrogen-bond acceptors (Lipinski definition) is 8. The maximum absolute atomic E-state index is 12.9. The second-order valence-corrected chi connectivity index (χ2v) is 9.26. The van der Waals surface area contributed by atoms with Crippen LogP contribution in [0, 0.1) is 6.92 Å². The molecule has 4 heterocycles. The number of imidazole rings is 1. The molecule has 34 heavy (non-hydrogen) atoms. The lowest BCUT2D eigenvalue weighted by Gasteiger charge is -2.33. The highest BCUT2D eigenvalue weighted by Gasteiger charge is 2.25. The van der Waals surface area contributed by atoms with Crippen LogP contribution in [0.1, 0.15) is 27.8 Å². The van der Waals surface area contributed by atoms with Crippen LogP contribution in [-0.4, -0.2) is 61.6 Å². The minimum absolute atomic E-state index is 0.0765. The third-order valence-electron chi connectivity index (χ3n) is 5.79. The summed E-state index contributed by atoms with van der Waals surface area (Å²) in [7, 11) is 1.95. The van der Waals surface area contributed by atoms with Crippen LogP contribution in [0.3, 0.4) is 0 Å². The fourth-order valence-electron chi connectivity index (χ4n) is 3.79. The number of furan rings is 1. The predicted octanol–water partition coefficient (Wildman–Crippen LogP) is 3.62. The SMILES string of the molecule is Cc1ccc(-c2noc(CN3CCN(C(=O)c4ccc(CSc5nccn5C)o4)CC3)n2)cc1. The largest absolute Gasteiger partial charge is 0.455 e. The van der Waals surface area contributed by atoms with Gasteiger partial charge in [0, 0.05) is 51.2 Å². The summed E-state index contributed by atoms with van der Waals surface area (Å²) in [6.45, 7) is 5.32. The fraction of sp³-hybridized carbons (Fsp3) is 0.333. The zero-order valence-electron chi connectivity index (χ0n) is 19.2. The topological polar surface area (TPSA) is 93.4 Å². The summed E-state index contributed by atoms with van der Waals surface area (Å²) < 4.78 is 13.2. The van der Waals surface area contributed by atoms with E-state index in [9.17, 15) is 4.79 Å². The minimum atomic E-state index is -0.0765. The molecular weight excluding hydrogens is 452 g/mol. The van der Waals surface area contributed by atoms with Gasteiger partial charge in [0.05, 0.1) is 12.3 Å². The van der Waals surface area contributed by atoms with Crippen LogP contribution < -0.4 is 0 Å². The number of carbonyl (C=O) groups excluding carboxylic acids is 1. The Morgan fingerprint density at radius 1 is 1.09 bits per heavy atom. The molecule has 9 nitrogen and oxygen atoms in total. The molecule has 1 amide bonds. The molecule has 0 N–H and O–H groups in total. The van der Waals surface area contributed by atoms with Gasteiger partial charge in [-0.05, 0) is 19.1 Å². The van der Waals surface area contributed by atoms with Gasteiger partial charge in [0.2, 0.25) is 11.7 Å². The Bertz CT molecular complexity index is 1250. The number of amides is 1. The lowest BCUT2D eigenvalue weighted by Crippen LogP contribution is -2.48. The van der Waals surface area contributed by atoms with Crippen LogP contribution in [0.25, 0.3) is 11.4 Å². The van der Waals surface area contributed by atoms with Crippen molar-refractivity contribution in [2.45, 2.75) is 24.4 Å². The molecule has 10 heteroatoms. The van der Waals surface area contributed by atoms with Crippen LogP contribution in [0.5, 0.6) is 0 Å². The van der Waals surface area contributed by atoms with E-state index in [1.165, 1.54) is 5.56 Å². The van der Waals surface area contributed by atoms with Gasteiger partial charge in [0.1, 0.15) is 5.76 Å². The van der Waals surface area contributed by atoms with Crippen molar-refractivity contribution in [1.82, 2.24) is 29.5 Å². The third-order valence-corrected chi connectivity index (χ3v) is 6.87. The number of aromatic nitrogens is 4. The van der Waals surface area contributed by atoms with Gasteiger partial charge in [-0.25, -0.2) is 4.98 Å². The van der Waals surface area contributed by atoms with E-state index in [0.717, 1.165) is 29.6 Å². The first-order chi connectivity index (χ1) is 16.5. The molecule has 3 aromatic heterocycles. The molecule has 0 radical (unpaired) electrons. The number of piperazine rings is 1. The summed E-state index contributed by atoms with van der Waals surface area (Å²) in [6, 6.07) is 11.7. The molecule has 1 aromatic carbocycles. The molecule has 0 saturated carbocycles. The quantitative estimate of drug-likeness (QED) is 0.372. The predicted molar refractivity (Wildman–Crippen MR) is 127 cm³/mol. The van der Waals surface area contributed by atoms with Crippen molar-refractivity contribution in [2.75, 3.05) is 26.2 Å². The molecule has 4 aromatic rings. The maximum Gasteiger partial charge on any atom is 0.289 e. The highest BCUT2D eigenvalue weighted by Crippen LogP contribution is 2.23. The molecule has 0 unspecified atom stereocenters. The van der Waals surface area contributed by atoms with Crippen molar-refractivity contribution < 1.29 is 13.7 Å². The van der Waals surface area contributed by atoms with Gasteiger partial charge in [-0.1, -0.05) is 46.7 Å². The van der Waals surface area contributed by atoms with Crippen molar-refractivity contribution in [3.63, 3.8) is 0 Å². The first-order valence-electron chi connectivity index (χ1n) is 11.2. The monoisotopic (exact) mass is 478 g/mol. The van der Waals surface area contributed by atoms with E-state index in [1.54, 1.807) is 24.0 Å². The average molecular weight is 479 g/mol. The van der Waals surface area contributed by atoms with Crippen LogP contribution >= 0.6 is 11.8 Å². The van der Waals surface area contributed by atoms with Crippen molar-refractivity contribution in [3.05, 3.63) is 71.8 Å². The van der Waals surface area contributed by atoms with Gasteiger partial charge < -0.3 is 18.4 Å². The van der Waals surface area contributed by atoms with Crippen molar-refractivity contribution in [3.8, 4) is 11.4 Å². The Kier molecular flexibility index (Phi) is 6.50. The van der Waals surface area contributed by atoms with Crippen molar-refractivity contribution in [1.29, 1.82) is 0 Å². The smallest absolute Gasteiger partial charge is 0.289 e. The Morgan fingerprint density at radius 2 is 1.88 bits per heavy atom. The molecule has 0 spiro atoms. The van der Waals surface area contributed by atoms with Crippen LogP contribution in [0.4, 0.5) is 0 Å². The van der Waals surface area contributed by atoms with Gasteiger partial charge in [0.15, 0.2) is 10.9 Å². The van der Waals surface area contributed by atoms with Crippen molar-refractivity contribution >= 4 is 17.7 Å².